The van der Waals surface area contributed by atoms with Gasteiger partial charge in [0.25, 0.3) is 5.91 Å². The molecule has 1 aromatic heterocycles. The van der Waals surface area contributed by atoms with Crippen LogP contribution in [0.1, 0.15) is 24.2 Å². The smallest absolute Gasteiger partial charge is 0.257 e. The maximum Gasteiger partial charge on any atom is 0.257 e. The Bertz CT molecular complexity index is 479. The highest BCUT2D eigenvalue weighted by Crippen LogP contribution is 2.18. The minimum atomic E-state index is -0.610. The standard InChI is InChI=1S/C10H12Cl2N4O2/c1-5(2)16(4-8(13)17)10(18)6-3-7(11)14-15-9(6)12/h3,5H,4H2,1-2H3,(H2,13,17). The zero-order valence-electron chi connectivity index (χ0n) is 9.85. The number of amides is 2. The number of aromatic nitrogens is 2. The fourth-order valence-corrected chi connectivity index (χ4v) is 1.63. The number of hydrogen-bond donors (Lipinski definition) is 1. The van der Waals surface area contributed by atoms with E-state index >= 15 is 0 Å². The van der Waals surface area contributed by atoms with Crippen LogP contribution >= 0.6 is 23.2 Å². The molecule has 0 bridgehead atoms. The maximum atomic E-state index is 12.2. The van der Waals surface area contributed by atoms with Crippen molar-refractivity contribution in [1.29, 1.82) is 0 Å². The van der Waals surface area contributed by atoms with Gasteiger partial charge in [0.1, 0.15) is 0 Å². The van der Waals surface area contributed by atoms with E-state index in [0.29, 0.717) is 0 Å². The highest BCUT2D eigenvalue weighted by Gasteiger charge is 2.23. The highest BCUT2D eigenvalue weighted by molar-refractivity contribution is 6.34. The lowest BCUT2D eigenvalue weighted by molar-refractivity contribution is -0.119. The molecule has 0 aliphatic heterocycles. The second-order valence-corrected chi connectivity index (χ2v) is 4.61. The molecule has 0 unspecified atom stereocenters. The second kappa shape index (κ2) is 5.97. The number of halogens is 2. The van der Waals surface area contributed by atoms with Gasteiger partial charge in [0, 0.05) is 6.04 Å². The monoisotopic (exact) mass is 290 g/mol. The van der Waals surface area contributed by atoms with Gasteiger partial charge in [0.15, 0.2) is 10.3 Å². The number of hydrogen-bond acceptors (Lipinski definition) is 4. The third-order valence-corrected chi connectivity index (χ3v) is 2.62. The largest absolute Gasteiger partial charge is 0.368 e. The van der Waals surface area contributed by atoms with Crippen LogP contribution in [0.4, 0.5) is 0 Å². The molecule has 6 nitrogen and oxygen atoms in total. The Morgan fingerprint density at radius 3 is 2.50 bits per heavy atom. The summed E-state index contributed by atoms with van der Waals surface area (Å²) in [7, 11) is 0. The van der Waals surface area contributed by atoms with Crippen LogP contribution in [0.15, 0.2) is 6.07 Å². The van der Waals surface area contributed by atoms with Crippen molar-refractivity contribution in [2.75, 3.05) is 6.54 Å². The molecule has 0 spiro atoms. The van der Waals surface area contributed by atoms with Crippen LogP contribution in [-0.4, -0.2) is 39.5 Å². The zero-order valence-corrected chi connectivity index (χ0v) is 11.4. The lowest BCUT2D eigenvalue weighted by atomic mass is 10.2. The molecular weight excluding hydrogens is 279 g/mol. The third kappa shape index (κ3) is 3.54. The van der Waals surface area contributed by atoms with E-state index in [4.69, 9.17) is 28.9 Å². The fourth-order valence-electron chi connectivity index (χ4n) is 1.31. The summed E-state index contributed by atoms with van der Waals surface area (Å²) in [4.78, 5) is 24.4. The zero-order chi connectivity index (χ0) is 13.9. The summed E-state index contributed by atoms with van der Waals surface area (Å²) in [5.74, 6) is -1.08. The van der Waals surface area contributed by atoms with Gasteiger partial charge in [-0.1, -0.05) is 23.2 Å². The van der Waals surface area contributed by atoms with Gasteiger partial charge >= 0.3 is 0 Å². The summed E-state index contributed by atoms with van der Waals surface area (Å²) in [6, 6.07) is 1.09. The third-order valence-electron chi connectivity index (χ3n) is 2.16. The molecule has 1 rings (SSSR count). The number of primary amides is 1. The van der Waals surface area contributed by atoms with Gasteiger partial charge in [-0.15, -0.1) is 10.2 Å². The summed E-state index contributed by atoms with van der Waals surface area (Å²) >= 11 is 11.4. The average Bonchev–Trinajstić information content (AvgIpc) is 2.27. The van der Waals surface area contributed by atoms with Gasteiger partial charge in [-0.3, -0.25) is 9.59 Å². The van der Waals surface area contributed by atoms with E-state index in [0.717, 1.165) is 0 Å². The summed E-state index contributed by atoms with van der Waals surface area (Å²) < 4.78 is 0. The predicted octanol–water partition coefficient (Wildman–Crippen LogP) is 1.12. The molecule has 8 heteroatoms. The van der Waals surface area contributed by atoms with Crippen LogP contribution in [0.5, 0.6) is 0 Å². The van der Waals surface area contributed by atoms with Crippen molar-refractivity contribution in [3.8, 4) is 0 Å². The Labute approximate surface area is 114 Å². The second-order valence-electron chi connectivity index (χ2n) is 3.86. The van der Waals surface area contributed by atoms with Gasteiger partial charge in [0.05, 0.1) is 12.1 Å². The molecule has 0 fully saturated rings. The van der Waals surface area contributed by atoms with E-state index in [9.17, 15) is 9.59 Å². The quantitative estimate of drug-likeness (QED) is 0.900. The molecule has 0 saturated carbocycles. The molecule has 0 radical (unpaired) electrons. The van der Waals surface area contributed by atoms with Gasteiger partial charge in [-0.2, -0.15) is 0 Å². The number of nitrogens with zero attached hydrogens (tertiary/aromatic N) is 3. The summed E-state index contributed by atoms with van der Waals surface area (Å²) in [5, 5.41) is 7.03. The molecule has 1 aromatic rings. The first-order valence-electron chi connectivity index (χ1n) is 5.11. The van der Waals surface area contributed by atoms with E-state index in [1.807, 2.05) is 0 Å². The Balaban J connectivity index is 3.09. The Morgan fingerprint density at radius 2 is 2.00 bits per heavy atom. The van der Waals surface area contributed by atoms with Crippen molar-refractivity contribution >= 4 is 35.0 Å². The SMILES string of the molecule is CC(C)N(CC(N)=O)C(=O)c1cc(Cl)nnc1Cl. The number of rotatable bonds is 4. The predicted molar refractivity (Wildman–Crippen MR) is 67.4 cm³/mol. The average molecular weight is 291 g/mol. The lowest BCUT2D eigenvalue weighted by Crippen LogP contribution is -2.42. The summed E-state index contributed by atoms with van der Waals surface area (Å²) in [6.07, 6.45) is 0. The van der Waals surface area contributed by atoms with Crippen molar-refractivity contribution in [1.82, 2.24) is 15.1 Å². The number of carbonyl (C=O) groups is 2. The van der Waals surface area contributed by atoms with Crippen molar-refractivity contribution in [3.05, 3.63) is 21.9 Å². The van der Waals surface area contributed by atoms with Crippen molar-refractivity contribution in [3.63, 3.8) is 0 Å². The molecule has 98 valence electrons. The van der Waals surface area contributed by atoms with Crippen LogP contribution in [-0.2, 0) is 4.79 Å². The van der Waals surface area contributed by atoms with Crippen LogP contribution in [0.25, 0.3) is 0 Å². The minimum Gasteiger partial charge on any atom is -0.368 e. The van der Waals surface area contributed by atoms with E-state index in [-0.39, 0.29) is 28.5 Å². The van der Waals surface area contributed by atoms with Crippen LogP contribution < -0.4 is 5.73 Å². The first-order chi connectivity index (χ1) is 8.32. The molecule has 2 N–H and O–H groups in total. The molecular formula is C10H12Cl2N4O2. The van der Waals surface area contributed by atoms with Crippen LogP contribution in [0, 0.1) is 0 Å². The molecule has 0 atom stereocenters. The van der Waals surface area contributed by atoms with Gasteiger partial charge in [0.2, 0.25) is 5.91 Å². The molecule has 2 amide bonds. The summed E-state index contributed by atoms with van der Waals surface area (Å²) in [5.41, 5.74) is 5.18. The van der Waals surface area contributed by atoms with E-state index in [1.54, 1.807) is 13.8 Å². The Kier molecular flexibility index (Phi) is 4.86. The molecule has 0 aliphatic carbocycles. The van der Waals surface area contributed by atoms with Crippen LogP contribution in [0.3, 0.4) is 0 Å². The topological polar surface area (TPSA) is 89.2 Å². The fraction of sp³-hybridized carbons (Fsp3) is 0.400. The van der Waals surface area contributed by atoms with Crippen molar-refractivity contribution < 1.29 is 9.59 Å². The van der Waals surface area contributed by atoms with E-state index < -0.39 is 11.8 Å². The molecule has 0 saturated heterocycles. The maximum absolute atomic E-state index is 12.2. The van der Waals surface area contributed by atoms with E-state index in [2.05, 4.69) is 10.2 Å². The highest BCUT2D eigenvalue weighted by atomic mass is 35.5. The first-order valence-corrected chi connectivity index (χ1v) is 5.86. The number of nitrogens with two attached hydrogens (primary N) is 1. The Hall–Kier alpha value is -1.40. The molecule has 0 aliphatic rings. The van der Waals surface area contributed by atoms with Crippen molar-refractivity contribution in [2.24, 2.45) is 5.73 Å². The van der Waals surface area contributed by atoms with Crippen LogP contribution in [0.2, 0.25) is 10.3 Å². The Morgan fingerprint density at radius 1 is 1.39 bits per heavy atom. The van der Waals surface area contributed by atoms with Crippen molar-refractivity contribution in [2.45, 2.75) is 19.9 Å². The van der Waals surface area contributed by atoms with Gasteiger partial charge in [-0.05, 0) is 19.9 Å². The minimum absolute atomic E-state index is 0.0468. The first kappa shape index (κ1) is 14.7. The van der Waals surface area contributed by atoms with E-state index in [1.165, 1.54) is 11.0 Å². The molecule has 18 heavy (non-hydrogen) atoms. The summed E-state index contributed by atoms with van der Waals surface area (Å²) in [6.45, 7) is 3.31. The number of carbonyl (C=O) groups excluding carboxylic acids is 2. The normalized spacial score (nSPS) is 10.5. The van der Waals surface area contributed by atoms with Gasteiger partial charge < -0.3 is 10.6 Å². The molecule has 1 heterocycles. The van der Waals surface area contributed by atoms with Gasteiger partial charge in [-0.25, -0.2) is 0 Å². The molecule has 0 aromatic carbocycles. The lowest BCUT2D eigenvalue weighted by Gasteiger charge is -2.25.